The van der Waals surface area contributed by atoms with E-state index in [2.05, 4.69) is 10.6 Å². The van der Waals surface area contributed by atoms with Crippen LogP contribution < -0.4 is 15.4 Å². The number of amides is 1. The van der Waals surface area contributed by atoms with Gasteiger partial charge >= 0.3 is 6.18 Å². The number of methoxy groups -OCH3 is 1. The fourth-order valence-corrected chi connectivity index (χ4v) is 2.23. The van der Waals surface area contributed by atoms with E-state index in [1.807, 2.05) is 0 Å². The van der Waals surface area contributed by atoms with Crippen LogP contribution in [0.4, 0.5) is 24.5 Å². The number of rotatable bonds is 5. The molecule has 0 heterocycles. The molecule has 2 aromatic rings. The Balaban J connectivity index is 2.14. The number of carbonyl (C=O) groups is 1. The lowest BCUT2D eigenvalue weighted by molar-refractivity contribution is -0.137. The molecule has 0 saturated carbocycles. The Morgan fingerprint density at radius 3 is 2.37 bits per heavy atom. The van der Waals surface area contributed by atoms with Crippen LogP contribution in [0.2, 0.25) is 5.02 Å². The Morgan fingerprint density at radius 2 is 1.81 bits per heavy atom. The number of halogens is 4. The fraction of sp³-hybridized carbons (Fsp3) is 0.111. The molecule has 0 saturated heterocycles. The second kappa shape index (κ2) is 8.47. The molecule has 2 N–H and O–H groups in total. The normalized spacial score (nSPS) is 11.5. The van der Waals surface area contributed by atoms with E-state index in [1.165, 1.54) is 13.2 Å². The zero-order valence-electron chi connectivity index (χ0n) is 13.9. The van der Waals surface area contributed by atoms with Crippen molar-refractivity contribution in [2.45, 2.75) is 6.18 Å². The SMILES string of the molecule is COc1ccc(NC(=O)/C(C#N)=C\Nc2ccc(Cl)c(C(F)(F)F)c2)cc1. The Labute approximate surface area is 158 Å². The highest BCUT2D eigenvalue weighted by Gasteiger charge is 2.33. The summed E-state index contributed by atoms with van der Waals surface area (Å²) in [5.41, 5.74) is -0.900. The first-order valence-corrected chi connectivity index (χ1v) is 7.81. The van der Waals surface area contributed by atoms with E-state index < -0.39 is 22.7 Å². The predicted molar refractivity (Wildman–Crippen MR) is 95.4 cm³/mol. The van der Waals surface area contributed by atoms with Crippen LogP contribution in [-0.4, -0.2) is 13.0 Å². The van der Waals surface area contributed by atoms with Gasteiger partial charge < -0.3 is 15.4 Å². The van der Waals surface area contributed by atoms with Crippen LogP contribution in [-0.2, 0) is 11.0 Å². The molecule has 2 rings (SSSR count). The molecule has 2 aromatic carbocycles. The number of alkyl halides is 3. The highest BCUT2D eigenvalue weighted by atomic mass is 35.5. The van der Waals surface area contributed by atoms with Gasteiger partial charge in [0.1, 0.15) is 17.4 Å². The molecular formula is C18H13ClF3N3O2. The van der Waals surface area contributed by atoms with E-state index in [1.54, 1.807) is 30.3 Å². The summed E-state index contributed by atoms with van der Waals surface area (Å²) < 4.78 is 43.6. The second-order valence-electron chi connectivity index (χ2n) is 5.19. The lowest BCUT2D eigenvalue weighted by Gasteiger charge is -2.11. The second-order valence-corrected chi connectivity index (χ2v) is 5.60. The van der Waals surface area contributed by atoms with Crippen LogP contribution in [0.1, 0.15) is 5.56 Å². The molecule has 140 valence electrons. The summed E-state index contributed by atoms with van der Waals surface area (Å²) in [5.74, 6) is -0.130. The van der Waals surface area contributed by atoms with Gasteiger partial charge in [-0.15, -0.1) is 0 Å². The molecule has 1 amide bonds. The number of hydrogen-bond acceptors (Lipinski definition) is 4. The maximum Gasteiger partial charge on any atom is 0.417 e. The molecule has 0 radical (unpaired) electrons. The molecule has 0 aliphatic rings. The number of hydrogen-bond donors (Lipinski definition) is 2. The first kappa shape index (κ1) is 20.1. The number of carbonyl (C=O) groups excluding carboxylic acids is 1. The third-order valence-corrected chi connectivity index (χ3v) is 3.70. The van der Waals surface area contributed by atoms with E-state index in [9.17, 15) is 18.0 Å². The van der Waals surface area contributed by atoms with E-state index in [0.29, 0.717) is 11.4 Å². The van der Waals surface area contributed by atoms with Gasteiger partial charge in [0.2, 0.25) is 0 Å². The topological polar surface area (TPSA) is 74.1 Å². The summed E-state index contributed by atoms with van der Waals surface area (Å²) in [6, 6.07) is 11.2. The Bertz CT molecular complexity index is 904. The standard InChI is InChI=1S/C18H13ClF3N3O2/c1-27-14-5-2-12(3-6-14)25-17(26)11(9-23)10-24-13-4-7-16(19)15(8-13)18(20,21)22/h2-8,10,24H,1H3,(H,25,26)/b11-10-. The lowest BCUT2D eigenvalue weighted by atomic mass is 10.2. The molecule has 0 atom stereocenters. The molecule has 5 nitrogen and oxygen atoms in total. The van der Waals surface area contributed by atoms with Crippen molar-refractivity contribution < 1.29 is 22.7 Å². The molecule has 0 aromatic heterocycles. The highest BCUT2D eigenvalue weighted by molar-refractivity contribution is 6.31. The summed E-state index contributed by atoms with van der Waals surface area (Å²) in [6.07, 6.45) is -3.61. The van der Waals surface area contributed by atoms with Crippen molar-refractivity contribution in [1.29, 1.82) is 5.26 Å². The minimum absolute atomic E-state index is 0.0247. The number of nitrogens with zero attached hydrogens (tertiary/aromatic N) is 1. The summed E-state index contributed by atoms with van der Waals surface area (Å²) in [6.45, 7) is 0. The molecule has 9 heteroatoms. The summed E-state index contributed by atoms with van der Waals surface area (Å²) in [5, 5.41) is 13.7. The number of benzene rings is 2. The smallest absolute Gasteiger partial charge is 0.417 e. The van der Waals surface area contributed by atoms with Gasteiger partial charge in [0.05, 0.1) is 17.7 Å². The van der Waals surface area contributed by atoms with Crippen molar-refractivity contribution in [2.24, 2.45) is 0 Å². The van der Waals surface area contributed by atoms with Crippen molar-refractivity contribution in [3.05, 3.63) is 64.8 Å². The maximum atomic E-state index is 12.9. The van der Waals surface area contributed by atoms with Crippen molar-refractivity contribution in [3.63, 3.8) is 0 Å². The highest BCUT2D eigenvalue weighted by Crippen LogP contribution is 2.36. The number of ether oxygens (including phenoxy) is 1. The van der Waals surface area contributed by atoms with Gasteiger partial charge in [-0.2, -0.15) is 18.4 Å². The predicted octanol–water partition coefficient (Wildman–Crippen LogP) is 4.83. The average molecular weight is 396 g/mol. The third-order valence-electron chi connectivity index (χ3n) is 3.37. The number of nitrogens with one attached hydrogen (secondary N) is 2. The summed E-state index contributed by atoms with van der Waals surface area (Å²) >= 11 is 5.54. The molecular weight excluding hydrogens is 383 g/mol. The van der Waals surface area contributed by atoms with Gasteiger partial charge in [0, 0.05) is 17.6 Å². The van der Waals surface area contributed by atoms with Crippen molar-refractivity contribution in [2.75, 3.05) is 17.7 Å². The molecule has 0 unspecified atom stereocenters. The van der Waals surface area contributed by atoms with E-state index in [-0.39, 0.29) is 11.3 Å². The average Bonchev–Trinajstić information content (AvgIpc) is 2.63. The van der Waals surface area contributed by atoms with Gasteiger partial charge in [0.15, 0.2) is 0 Å². The minimum atomic E-state index is -4.62. The quantitative estimate of drug-likeness (QED) is 0.562. The largest absolute Gasteiger partial charge is 0.497 e. The third kappa shape index (κ3) is 5.39. The van der Waals surface area contributed by atoms with Crippen molar-refractivity contribution in [3.8, 4) is 11.8 Å². The zero-order valence-corrected chi connectivity index (χ0v) is 14.7. The van der Waals surface area contributed by atoms with E-state index in [4.69, 9.17) is 21.6 Å². The zero-order chi connectivity index (χ0) is 20.0. The van der Waals surface area contributed by atoms with Gasteiger partial charge in [0.25, 0.3) is 5.91 Å². The van der Waals surface area contributed by atoms with Gasteiger partial charge in [-0.25, -0.2) is 0 Å². The molecule has 0 aliphatic carbocycles. The Kier molecular flexibility index (Phi) is 6.32. The van der Waals surface area contributed by atoms with Crippen LogP contribution >= 0.6 is 11.6 Å². The maximum absolute atomic E-state index is 12.9. The van der Waals surface area contributed by atoms with Crippen LogP contribution in [0.15, 0.2) is 54.2 Å². The molecule has 0 spiro atoms. The number of anilines is 2. The van der Waals surface area contributed by atoms with E-state index in [0.717, 1.165) is 18.3 Å². The van der Waals surface area contributed by atoms with Gasteiger partial charge in [-0.1, -0.05) is 11.6 Å². The lowest BCUT2D eigenvalue weighted by Crippen LogP contribution is -2.14. The van der Waals surface area contributed by atoms with Crippen molar-refractivity contribution >= 4 is 28.9 Å². The van der Waals surface area contributed by atoms with E-state index >= 15 is 0 Å². The molecule has 0 bridgehead atoms. The van der Waals surface area contributed by atoms with Crippen LogP contribution in [0.5, 0.6) is 5.75 Å². The Morgan fingerprint density at radius 1 is 1.19 bits per heavy atom. The summed E-state index contributed by atoms with van der Waals surface area (Å²) in [4.78, 5) is 12.1. The summed E-state index contributed by atoms with van der Waals surface area (Å²) in [7, 11) is 1.50. The number of nitriles is 1. The van der Waals surface area contributed by atoms with Gasteiger partial charge in [-0.05, 0) is 42.5 Å². The van der Waals surface area contributed by atoms with Crippen LogP contribution in [0.25, 0.3) is 0 Å². The fourth-order valence-electron chi connectivity index (χ4n) is 2.01. The van der Waals surface area contributed by atoms with Crippen molar-refractivity contribution in [1.82, 2.24) is 0 Å². The Hall–Kier alpha value is -3.18. The molecule has 0 fully saturated rings. The first-order valence-electron chi connectivity index (χ1n) is 7.43. The van der Waals surface area contributed by atoms with Crippen LogP contribution in [0.3, 0.4) is 0 Å². The van der Waals surface area contributed by atoms with Crippen LogP contribution in [0, 0.1) is 11.3 Å². The monoisotopic (exact) mass is 395 g/mol. The first-order chi connectivity index (χ1) is 12.7. The molecule has 27 heavy (non-hydrogen) atoms. The molecule has 0 aliphatic heterocycles. The van der Waals surface area contributed by atoms with Gasteiger partial charge in [-0.3, -0.25) is 4.79 Å². The minimum Gasteiger partial charge on any atom is -0.497 e.